The molecule has 0 amide bonds. The van der Waals surface area contributed by atoms with Crippen LogP contribution in [-0.4, -0.2) is 37.7 Å². The van der Waals surface area contributed by atoms with Crippen molar-refractivity contribution in [2.45, 2.75) is 13.0 Å². The van der Waals surface area contributed by atoms with E-state index in [-0.39, 0.29) is 0 Å². The molecule has 0 fully saturated rings. The van der Waals surface area contributed by atoms with Gasteiger partial charge in [-0.1, -0.05) is 0 Å². The molecule has 5 nitrogen and oxygen atoms in total. The first-order chi connectivity index (χ1) is 7.53. The highest BCUT2D eigenvalue weighted by Gasteiger charge is 2.18. The Kier molecular flexibility index (Phi) is 6.67. The number of hydrogen-bond acceptors (Lipinski definition) is 5. The molecule has 0 aromatic carbocycles. The summed E-state index contributed by atoms with van der Waals surface area (Å²) in [5.41, 5.74) is 1.49. The van der Waals surface area contributed by atoms with Crippen LogP contribution >= 0.6 is 15.9 Å². The van der Waals surface area contributed by atoms with Gasteiger partial charge in [-0.15, -0.1) is 0 Å². The third-order valence-corrected chi connectivity index (χ3v) is 3.04. The molecule has 0 aliphatic heterocycles. The second-order valence-corrected chi connectivity index (χ2v) is 3.83. The third-order valence-electron chi connectivity index (χ3n) is 2.18. The molecular formula is C10H17BrN4O. The van der Waals surface area contributed by atoms with Crippen molar-refractivity contribution < 1.29 is 5.11 Å². The fourth-order valence-corrected chi connectivity index (χ4v) is 1.44. The summed E-state index contributed by atoms with van der Waals surface area (Å²) in [6, 6.07) is 0. The minimum absolute atomic E-state index is 0.371. The van der Waals surface area contributed by atoms with Crippen LogP contribution in [0.5, 0.6) is 0 Å². The fraction of sp³-hybridized carbons (Fsp3) is 0.400. The lowest BCUT2D eigenvalue weighted by atomic mass is 10.0. The molecule has 16 heavy (non-hydrogen) atoms. The molecule has 0 aromatic rings. The summed E-state index contributed by atoms with van der Waals surface area (Å²) in [7, 11) is 3.39. The van der Waals surface area contributed by atoms with E-state index in [0.29, 0.717) is 21.4 Å². The SMILES string of the molecule is CN/C(Br)=C(\C=N)C(O)/C(C=N)=C(\C)NC. The average Bonchev–Trinajstić information content (AvgIpc) is 2.30. The van der Waals surface area contributed by atoms with Crippen LogP contribution in [0, 0.1) is 10.8 Å². The van der Waals surface area contributed by atoms with E-state index in [0.717, 1.165) is 12.4 Å². The van der Waals surface area contributed by atoms with E-state index in [1.54, 1.807) is 21.0 Å². The predicted molar refractivity (Wildman–Crippen MR) is 70.3 cm³/mol. The largest absolute Gasteiger partial charge is 0.391 e. The number of aliphatic hydroxyl groups excluding tert-OH is 1. The van der Waals surface area contributed by atoms with Crippen LogP contribution in [-0.2, 0) is 0 Å². The van der Waals surface area contributed by atoms with E-state index in [4.69, 9.17) is 10.8 Å². The zero-order chi connectivity index (χ0) is 12.7. The topological polar surface area (TPSA) is 92.0 Å². The average molecular weight is 289 g/mol. The molecule has 0 bridgehead atoms. The van der Waals surface area contributed by atoms with Crippen molar-refractivity contribution in [3.05, 3.63) is 21.4 Å². The Morgan fingerprint density at radius 3 is 2.00 bits per heavy atom. The summed E-state index contributed by atoms with van der Waals surface area (Å²) in [6.45, 7) is 1.76. The zero-order valence-electron chi connectivity index (χ0n) is 9.56. The number of halogens is 1. The van der Waals surface area contributed by atoms with Crippen molar-refractivity contribution >= 4 is 28.4 Å². The van der Waals surface area contributed by atoms with Gasteiger partial charge in [-0.25, -0.2) is 0 Å². The number of rotatable bonds is 6. The first kappa shape index (κ1) is 14.9. The van der Waals surface area contributed by atoms with Crippen LogP contribution in [0.15, 0.2) is 21.4 Å². The van der Waals surface area contributed by atoms with Crippen LogP contribution in [0.2, 0.25) is 0 Å². The summed E-state index contributed by atoms with van der Waals surface area (Å²) in [5.74, 6) is 0. The van der Waals surface area contributed by atoms with Gasteiger partial charge in [0.1, 0.15) is 6.10 Å². The molecule has 0 heterocycles. The van der Waals surface area contributed by atoms with Crippen molar-refractivity contribution in [1.29, 1.82) is 10.8 Å². The number of allylic oxidation sites excluding steroid dienone is 1. The molecular weight excluding hydrogens is 272 g/mol. The van der Waals surface area contributed by atoms with Gasteiger partial charge in [-0.05, 0) is 22.9 Å². The standard InChI is InChI=1S/C10H17BrN4O/c1-6(14-2)7(4-12)9(16)8(5-13)10(11)15-3/h4-5,9,12-16H,1-3H3/b7-6+,10-8+,12-4?,13-5?. The summed E-state index contributed by atoms with van der Waals surface area (Å²) in [6.07, 6.45) is 1.12. The van der Waals surface area contributed by atoms with Gasteiger partial charge in [-0.2, -0.15) is 0 Å². The van der Waals surface area contributed by atoms with Gasteiger partial charge in [0.25, 0.3) is 0 Å². The lowest BCUT2D eigenvalue weighted by Crippen LogP contribution is -2.23. The van der Waals surface area contributed by atoms with E-state index < -0.39 is 6.10 Å². The molecule has 0 aliphatic carbocycles. The molecule has 0 aromatic heterocycles. The van der Waals surface area contributed by atoms with E-state index in [1.807, 2.05) is 0 Å². The fourth-order valence-electron chi connectivity index (χ4n) is 1.11. The molecule has 1 atom stereocenters. The Balaban J connectivity index is 5.39. The summed E-state index contributed by atoms with van der Waals surface area (Å²) in [5, 5.41) is 30.2. The van der Waals surface area contributed by atoms with Crippen molar-refractivity contribution in [3.63, 3.8) is 0 Å². The lowest BCUT2D eigenvalue weighted by Gasteiger charge is -2.16. The van der Waals surface area contributed by atoms with Crippen molar-refractivity contribution in [2.75, 3.05) is 14.1 Å². The first-order valence-electron chi connectivity index (χ1n) is 4.68. The Labute approximate surface area is 104 Å². The van der Waals surface area contributed by atoms with Crippen LogP contribution < -0.4 is 10.6 Å². The first-order valence-corrected chi connectivity index (χ1v) is 5.47. The van der Waals surface area contributed by atoms with Crippen molar-refractivity contribution in [1.82, 2.24) is 10.6 Å². The molecule has 6 heteroatoms. The summed E-state index contributed by atoms with van der Waals surface area (Å²) < 4.78 is 0.526. The second kappa shape index (κ2) is 7.19. The molecule has 90 valence electrons. The van der Waals surface area contributed by atoms with Gasteiger partial charge in [0.2, 0.25) is 0 Å². The molecule has 0 saturated heterocycles. The van der Waals surface area contributed by atoms with Crippen LogP contribution in [0.3, 0.4) is 0 Å². The van der Waals surface area contributed by atoms with E-state index in [9.17, 15) is 5.11 Å². The molecule has 1 unspecified atom stereocenters. The Morgan fingerprint density at radius 1 is 1.19 bits per heavy atom. The minimum Gasteiger partial charge on any atom is -0.391 e. The Hall–Kier alpha value is -1.14. The lowest BCUT2D eigenvalue weighted by molar-refractivity contribution is 0.257. The molecule has 0 rings (SSSR count). The molecule has 0 radical (unpaired) electrons. The number of nitrogens with one attached hydrogen (secondary N) is 4. The minimum atomic E-state index is -1.01. The van der Waals surface area contributed by atoms with Gasteiger partial charge in [0.15, 0.2) is 0 Å². The molecule has 5 N–H and O–H groups in total. The van der Waals surface area contributed by atoms with Crippen molar-refractivity contribution in [3.8, 4) is 0 Å². The highest BCUT2D eigenvalue weighted by molar-refractivity contribution is 9.11. The Morgan fingerprint density at radius 2 is 1.69 bits per heavy atom. The second-order valence-electron chi connectivity index (χ2n) is 3.04. The molecule has 0 spiro atoms. The maximum atomic E-state index is 10.0. The zero-order valence-corrected chi connectivity index (χ0v) is 11.1. The maximum Gasteiger partial charge on any atom is 0.111 e. The predicted octanol–water partition coefficient (Wildman–Crippen LogP) is 0.966. The summed E-state index contributed by atoms with van der Waals surface area (Å²) in [4.78, 5) is 0. The Bertz CT molecular complexity index is 304. The van der Waals surface area contributed by atoms with Crippen molar-refractivity contribution in [2.24, 2.45) is 0 Å². The highest BCUT2D eigenvalue weighted by atomic mass is 79.9. The quantitative estimate of drug-likeness (QED) is 0.372. The number of hydrogen-bond donors (Lipinski definition) is 5. The normalized spacial score (nSPS) is 15.6. The molecule has 0 aliphatic rings. The van der Waals surface area contributed by atoms with Crippen LogP contribution in [0.1, 0.15) is 6.92 Å². The maximum absolute atomic E-state index is 10.0. The van der Waals surface area contributed by atoms with Gasteiger partial charge in [-0.3, -0.25) is 0 Å². The van der Waals surface area contributed by atoms with Gasteiger partial charge < -0.3 is 26.6 Å². The van der Waals surface area contributed by atoms with Gasteiger partial charge in [0.05, 0.1) is 4.61 Å². The van der Waals surface area contributed by atoms with E-state index in [2.05, 4.69) is 26.6 Å². The molecule has 0 saturated carbocycles. The van der Waals surface area contributed by atoms with Gasteiger partial charge >= 0.3 is 0 Å². The van der Waals surface area contributed by atoms with E-state index in [1.165, 1.54) is 0 Å². The summed E-state index contributed by atoms with van der Waals surface area (Å²) >= 11 is 3.21. The number of aliphatic hydroxyl groups is 1. The van der Waals surface area contributed by atoms with Gasteiger partial charge in [0, 0.05) is 43.4 Å². The van der Waals surface area contributed by atoms with E-state index >= 15 is 0 Å². The van der Waals surface area contributed by atoms with Crippen LogP contribution in [0.25, 0.3) is 0 Å². The third kappa shape index (κ3) is 3.46. The monoisotopic (exact) mass is 288 g/mol. The highest BCUT2D eigenvalue weighted by Crippen LogP contribution is 2.17. The van der Waals surface area contributed by atoms with Crippen LogP contribution in [0.4, 0.5) is 0 Å². The smallest absolute Gasteiger partial charge is 0.111 e.